The molecule has 1 amide bonds. The second-order valence-corrected chi connectivity index (χ2v) is 4.67. The number of hydrogen-bond acceptors (Lipinski definition) is 4. The highest BCUT2D eigenvalue weighted by Crippen LogP contribution is 2.37. The summed E-state index contributed by atoms with van der Waals surface area (Å²) in [6, 6.07) is 3.19. The highest BCUT2D eigenvalue weighted by atomic mass is 35.5. The Balaban J connectivity index is 3.03. The van der Waals surface area contributed by atoms with Gasteiger partial charge in [-0.05, 0) is 24.6 Å². The van der Waals surface area contributed by atoms with Crippen molar-refractivity contribution in [1.82, 2.24) is 4.90 Å². The molecule has 1 atom stereocenters. The zero-order valence-electron chi connectivity index (χ0n) is 11.4. The van der Waals surface area contributed by atoms with E-state index in [1.54, 1.807) is 33.2 Å². The lowest BCUT2D eigenvalue weighted by molar-refractivity contribution is -0.135. The zero-order valence-corrected chi connectivity index (χ0v) is 12.2. The average molecular weight is 288 g/mol. The predicted molar refractivity (Wildman–Crippen MR) is 72.7 cm³/mol. The highest BCUT2D eigenvalue weighted by molar-refractivity contribution is 6.32. The Labute approximate surface area is 117 Å². The normalized spacial score (nSPS) is 11.9. The Morgan fingerprint density at radius 1 is 1.47 bits per heavy atom. The van der Waals surface area contributed by atoms with Gasteiger partial charge in [-0.3, -0.25) is 4.79 Å². The third kappa shape index (κ3) is 3.75. The third-order valence-corrected chi connectivity index (χ3v) is 2.84. The van der Waals surface area contributed by atoms with E-state index < -0.39 is 6.10 Å². The fourth-order valence-corrected chi connectivity index (χ4v) is 1.85. The zero-order chi connectivity index (χ0) is 14.6. The van der Waals surface area contributed by atoms with Crippen LogP contribution in [0.4, 0.5) is 0 Å². The number of nitrogens with zero attached hydrogens (tertiary/aromatic N) is 1. The summed E-state index contributed by atoms with van der Waals surface area (Å²) in [5.74, 6) is 0.503. The van der Waals surface area contributed by atoms with Gasteiger partial charge in [0.25, 0.3) is 5.91 Å². The number of carbonyl (C=O) groups is 1. The van der Waals surface area contributed by atoms with Crippen LogP contribution in [-0.2, 0) is 11.4 Å². The molecule has 0 spiro atoms. The Bertz CT molecular complexity index is 462. The van der Waals surface area contributed by atoms with Crippen molar-refractivity contribution in [2.45, 2.75) is 19.6 Å². The molecule has 1 aromatic rings. The Morgan fingerprint density at radius 2 is 2.11 bits per heavy atom. The fraction of sp³-hybridized carbons (Fsp3) is 0.462. The van der Waals surface area contributed by atoms with Crippen LogP contribution in [0.15, 0.2) is 12.1 Å². The number of hydrogen-bond donors (Lipinski definition) is 1. The summed E-state index contributed by atoms with van der Waals surface area (Å²) in [6.07, 6.45) is -0.679. The summed E-state index contributed by atoms with van der Waals surface area (Å²) in [7, 11) is 4.77. The van der Waals surface area contributed by atoms with Gasteiger partial charge in [-0.2, -0.15) is 0 Å². The van der Waals surface area contributed by atoms with E-state index in [2.05, 4.69) is 0 Å². The number of benzene rings is 1. The van der Waals surface area contributed by atoms with E-state index in [0.717, 1.165) is 0 Å². The van der Waals surface area contributed by atoms with E-state index in [1.807, 2.05) is 0 Å². The molecule has 6 heteroatoms. The topological polar surface area (TPSA) is 59.0 Å². The van der Waals surface area contributed by atoms with Crippen molar-refractivity contribution >= 4 is 17.5 Å². The van der Waals surface area contributed by atoms with Gasteiger partial charge < -0.3 is 19.5 Å². The third-order valence-electron chi connectivity index (χ3n) is 2.55. The Hall–Kier alpha value is -1.46. The molecule has 1 rings (SSSR count). The summed E-state index contributed by atoms with van der Waals surface area (Å²) in [5, 5.41) is 9.39. The van der Waals surface area contributed by atoms with Crippen LogP contribution in [0.3, 0.4) is 0 Å². The lowest BCUT2D eigenvalue weighted by Gasteiger charge is -2.20. The van der Waals surface area contributed by atoms with Gasteiger partial charge in [0.05, 0.1) is 18.7 Å². The van der Waals surface area contributed by atoms with Gasteiger partial charge in [-0.15, -0.1) is 0 Å². The summed E-state index contributed by atoms with van der Waals surface area (Å²) < 4.78 is 10.7. The quantitative estimate of drug-likeness (QED) is 0.895. The van der Waals surface area contributed by atoms with Crippen molar-refractivity contribution in [3.8, 4) is 11.5 Å². The van der Waals surface area contributed by atoms with E-state index in [9.17, 15) is 4.79 Å². The summed E-state index contributed by atoms with van der Waals surface area (Å²) in [6.45, 7) is 1.49. The molecule has 1 N–H and O–H groups in total. The van der Waals surface area contributed by atoms with E-state index >= 15 is 0 Å². The maximum absolute atomic E-state index is 11.8. The molecular weight excluding hydrogens is 270 g/mol. The molecule has 0 aliphatic heterocycles. The maximum Gasteiger partial charge on any atom is 0.262 e. The largest absolute Gasteiger partial charge is 0.493 e. The second kappa shape index (κ2) is 6.63. The van der Waals surface area contributed by atoms with E-state index in [4.69, 9.17) is 26.2 Å². The number of likely N-dealkylation sites (N-methyl/N-ethyl adjacent to an activating group) is 1. The molecule has 1 aromatic carbocycles. The molecule has 5 nitrogen and oxygen atoms in total. The van der Waals surface area contributed by atoms with Gasteiger partial charge in [-0.1, -0.05) is 11.6 Å². The first-order valence-corrected chi connectivity index (χ1v) is 6.13. The molecule has 1 unspecified atom stereocenters. The first-order valence-electron chi connectivity index (χ1n) is 5.75. The number of methoxy groups -OCH3 is 1. The van der Waals surface area contributed by atoms with Gasteiger partial charge >= 0.3 is 0 Å². The van der Waals surface area contributed by atoms with Crippen molar-refractivity contribution in [3.63, 3.8) is 0 Å². The highest BCUT2D eigenvalue weighted by Gasteiger charge is 2.20. The van der Waals surface area contributed by atoms with Crippen LogP contribution >= 0.6 is 11.6 Å². The number of amides is 1. The van der Waals surface area contributed by atoms with E-state index in [-0.39, 0.29) is 12.5 Å². The van der Waals surface area contributed by atoms with Crippen molar-refractivity contribution in [2.24, 2.45) is 0 Å². The van der Waals surface area contributed by atoms with Crippen LogP contribution in [-0.4, -0.2) is 43.2 Å². The molecule has 0 saturated heterocycles. The summed E-state index contributed by atoms with van der Waals surface area (Å²) in [5.41, 5.74) is 0.612. The monoisotopic (exact) mass is 287 g/mol. The van der Waals surface area contributed by atoms with Gasteiger partial charge in [0.2, 0.25) is 0 Å². The molecule has 0 saturated carbocycles. The van der Waals surface area contributed by atoms with Gasteiger partial charge in [0.15, 0.2) is 17.6 Å². The van der Waals surface area contributed by atoms with Crippen LogP contribution in [0, 0.1) is 0 Å². The van der Waals surface area contributed by atoms with Crippen LogP contribution in [0.1, 0.15) is 12.5 Å². The molecule has 0 radical (unpaired) electrons. The fourth-order valence-electron chi connectivity index (χ4n) is 1.57. The van der Waals surface area contributed by atoms with Crippen molar-refractivity contribution in [1.29, 1.82) is 0 Å². The van der Waals surface area contributed by atoms with Crippen LogP contribution in [0.2, 0.25) is 5.02 Å². The maximum atomic E-state index is 11.8. The van der Waals surface area contributed by atoms with Crippen LogP contribution in [0.25, 0.3) is 0 Å². The number of rotatable bonds is 5. The minimum atomic E-state index is -0.679. The molecule has 0 fully saturated rings. The van der Waals surface area contributed by atoms with Gasteiger partial charge in [0, 0.05) is 14.1 Å². The molecule has 0 aromatic heterocycles. The minimum Gasteiger partial charge on any atom is -0.493 e. The number of halogens is 1. The standard InChI is InChI=1S/C13H18ClNO4/c1-8(13(17)15(2)3)19-12-10(14)5-9(7-16)6-11(12)18-4/h5-6,8,16H,7H2,1-4H3. The summed E-state index contributed by atoms with van der Waals surface area (Å²) >= 11 is 6.08. The number of carbonyl (C=O) groups excluding carboxylic acids is 1. The molecule has 19 heavy (non-hydrogen) atoms. The van der Waals surface area contributed by atoms with Crippen molar-refractivity contribution in [2.75, 3.05) is 21.2 Å². The molecule has 106 valence electrons. The lowest BCUT2D eigenvalue weighted by atomic mass is 10.2. The van der Waals surface area contributed by atoms with E-state index in [0.29, 0.717) is 22.1 Å². The lowest BCUT2D eigenvalue weighted by Crippen LogP contribution is -2.35. The molecule has 0 aliphatic carbocycles. The molecular formula is C13H18ClNO4. The van der Waals surface area contributed by atoms with Gasteiger partial charge in [-0.25, -0.2) is 0 Å². The van der Waals surface area contributed by atoms with E-state index in [1.165, 1.54) is 12.0 Å². The second-order valence-electron chi connectivity index (χ2n) is 4.26. The van der Waals surface area contributed by atoms with Crippen LogP contribution < -0.4 is 9.47 Å². The number of aliphatic hydroxyl groups excluding tert-OH is 1. The smallest absolute Gasteiger partial charge is 0.262 e. The van der Waals surface area contributed by atoms with Crippen LogP contribution in [0.5, 0.6) is 11.5 Å². The first-order chi connectivity index (χ1) is 8.90. The molecule has 0 heterocycles. The van der Waals surface area contributed by atoms with Crippen molar-refractivity contribution < 1.29 is 19.4 Å². The number of ether oxygens (including phenoxy) is 2. The van der Waals surface area contributed by atoms with Gasteiger partial charge in [0.1, 0.15) is 0 Å². The Morgan fingerprint density at radius 3 is 2.58 bits per heavy atom. The minimum absolute atomic E-state index is 0.150. The summed E-state index contributed by atoms with van der Waals surface area (Å²) in [4.78, 5) is 13.2. The molecule has 0 aliphatic rings. The predicted octanol–water partition coefficient (Wildman–Crippen LogP) is 1.70. The SMILES string of the molecule is COc1cc(CO)cc(Cl)c1OC(C)C(=O)N(C)C. The molecule has 0 bridgehead atoms. The van der Waals surface area contributed by atoms with Crippen molar-refractivity contribution in [3.05, 3.63) is 22.7 Å². The Kier molecular flexibility index (Phi) is 5.44. The average Bonchev–Trinajstić information content (AvgIpc) is 2.39. The first kappa shape index (κ1) is 15.6. The number of aliphatic hydroxyl groups is 1.